The largest absolute Gasteiger partial charge is 0.480 e. The summed E-state index contributed by atoms with van der Waals surface area (Å²) in [6, 6.07) is -2.08. The highest BCUT2D eigenvalue weighted by atomic mass is 32.2. The Morgan fingerprint density at radius 3 is 2.41 bits per heavy atom. The van der Waals surface area contributed by atoms with Crippen LogP contribution in [0.25, 0.3) is 0 Å². The van der Waals surface area contributed by atoms with Crippen LogP contribution in [-0.4, -0.2) is 88.4 Å². The number of hydrogen-bond acceptors (Lipinski definition) is 6. The maximum absolute atomic E-state index is 12.5. The molecule has 2 saturated heterocycles. The highest BCUT2D eigenvalue weighted by molar-refractivity contribution is 7.98. The first-order chi connectivity index (χ1) is 12.9. The minimum Gasteiger partial charge on any atom is -0.480 e. The van der Waals surface area contributed by atoms with Crippen molar-refractivity contribution in [2.75, 3.05) is 31.6 Å². The molecule has 0 bridgehead atoms. The molecule has 9 nitrogen and oxygen atoms in total. The van der Waals surface area contributed by atoms with Gasteiger partial charge in [0, 0.05) is 13.1 Å². The number of carbonyl (C=O) groups excluding carboxylic acids is 3. The Morgan fingerprint density at radius 1 is 1.15 bits per heavy atom. The number of thioether (sulfide) groups is 1. The molecule has 2 aliphatic rings. The topological polar surface area (TPSA) is 133 Å². The Hall–Kier alpha value is -1.81. The molecular weight excluding hydrogens is 372 g/mol. The van der Waals surface area contributed by atoms with Gasteiger partial charge >= 0.3 is 5.97 Å². The summed E-state index contributed by atoms with van der Waals surface area (Å²) < 4.78 is 0. The van der Waals surface area contributed by atoms with E-state index < -0.39 is 35.9 Å². The van der Waals surface area contributed by atoms with Gasteiger partial charge in [0.25, 0.3) is 0 Å². The second-order valence-electron chi connectivity index (χ2n) is 6.88. The van der Waals surface area contributed by atoms with E-state index in [2.05, 4.69) is 5.32 Å². The normalized spacial score (nSPS) is 23.3. The first-order valence-electron chi connectivity index (χ1n) is 9.21. The van der Waals surface area contributed by atoms with Gasteiger partial charge in [0.15, 0.2) is 0 Å². The molecule has 0 aliphatic carbocycles. The van der Waals surface area contributed by atoms with Gasteiger partial charge in [-0.1, -0.05) is 0 Å². The van der Waals surface area contributed by atoms with Gasteiger partial charge < -0.3 is 26.0 Å². The van der Waals surface area contributed by atoms with Crippen molar-refractivity contribution < 1.29 is 24.3 Å². The van der Waals surface area contributed by atoms with Crippen molar-refractivity contribution >= 4 is 35.5 Å². The minimum atomic E-state index is -1.03. The number of aliphatic carboxylic acids is 1. The van der Waals surface area contributed by atoms with E-state index in [0.717, 1.165) is 5.75 Å². The van der Waals surface area contributed by atoms with Crippen LogP contribution < -0.4 is 11.1 Å². The zero-order valence-electron chi connectivity index (χ0n) is 15.6. The third kappa shape index (κ3) is 5.35. The Morgan fingerprint density at radius 2 is 1.78 bits per heavy atom. The van der Waals surface area contributed by atoms with Crippen molar-refractivity contribution in [3.63, 3.8) is 0 Å². The van der Waals surface area contributed by atoms with Crippen molar-refractivity contribution in [3.8, 4) is 0 Å². The Kier molecular flexibility index (Phi) is 7.91. The number of nitrogens with two attached hydrogens (primary N) is 1. The number of rotatable bonds is 8. The third-order valence-electron chi connectivity index (χ3n) is 5.06. The van der Waals surface area contributed by atoms with Gasteiger partial charge in [-0.05, 0) is 44.1 Å². The molecule has 3 atom stereocenters. The van der Waals surface area contributed by atoms with Crippen LogP contribution in [0.3, 0.4) is 0 Å². The van der Waals surface area contributed by atoms with Crippen LogP contribution in [0, 0.1) is 0 Å². The maximum Gasteiger partial charge on any atom is 0.326 e. The van der Waals surface area contributed by atoms with Gasteiger partial charge in [0.2, 0.25) is 17.7 Å². The zero-order chi connectivity index (χ0) is 20.0. The predicted molar refractivity (Wildman–Crippen MR) is 101 cm³/mol. The van der Waals surface area contributed by atoms with E-state index in [0.29, 0.717) is 45.2 Å². The van der Waals surface area contributed by atoms with Crippen LogP contribution in [0.1, 0.15) is 32.1 Å². The lowest BCUT2D eigenvalue weighted by atomic mass is 10.1. The lowest BCUT2D eigenvalue weighted by molar-refractivity contribution is -0.148. The van der Waals surface area contributed by atoms with E-state index >= 15 is 0 Å². The molecule has 27 heavy (non-hydrogen) atoms. The SMILES string of the molecule is CSCCC(N)C(=O)N1CCCC1C(=O)NCC(=O)N1CCCC1C(=O)O. The summed E-state index contributed by atoms with van der Waals surface area (Å²) in [5.41, 5.74) is 5.94. The molecule has 0 saturated carbocycles. The number of hydrogen-bond donors (Lipinski definition) is 3. The first kappa shape index (κ1) is 21.5. The van der Waals surface area contributed by atoms with Gasteiger partial charge in [0.1, 0.15) is 12.1 Å². The van der Waals surface area contributed by atoms with Gasteiger partial charge in [-0.15, -0.1) is 0 Å². The second-order valence-corrected chi connectivity index (χ2v) is 7.86. The number of nitrogens with zero attached hydrogens (tertiary/aromatic N) is 2. The summed E-state index contributed by atoms with van der Waals surface area (Å²) in [4.78, 5) is 51.2. The van der Waals surface area contributed by atoms with E-state index in [-0.39, 0.29) is 12.5 Å². The molecule has 2 aliphatic heterocycles. The average Bonchev–Trinajstić information content (AvgIpc) is 3.32. The number of amides is 3. The van der Waals surface area contributed by atoms with E-state index in [4.69, 9.17) is 10.8 Å². The predicted octanol–water partition coefficient (Wildman–Crippen LogP) is -0.750. The number of nitrogens with one attached hydrogen (secondary N) is 1. The fourth-order valence-electron chi connectivity index (χ4n) is 3.59. The van der Waals surface area contributed by atoms with Crippen molar-refractivity contribution in [2.24, 2.45) is 5.73 Å². The molecule has 3 unspecified atom stereocenters. The lowest BCUT2D eigenvalue weighted by Crippen LogP contribution is -2.53. The molecule has 0 aromatic heterocycles. The standard InChI is InChI=1S/C17H28N4O5S/c1-27-9-6-11(18)16(24)21-8-2-4-12(21)15(23)19-10-14(22)20-7-3-5-13(20)17(25)26/h11-13H,2-10,18H2,1H3,(H,19,23)(H,25,26). The fraction of sp³-hybridized carbons (Fsp3) is 0.765. The maximum atomic E-state index is 12.5. The van der Waals surface area contributed by atoms with Gasteiger partial charge in [-0.25, -0.2) is 4.79 Å². The fourth-order valence-corrected chi connectivity index (χ4v) is 4.08. The molecule has 0 aromatic carbocycles. The van der Waals surface area contributed by atoms with E-state index in [1.807, 2.05) is 6.26 Å². The molecule has 2 fully saturated rings. The van der Waals surface area contributed by atoms with Gasteiger partial charge in [0.05, 0.1) is 12.6 Å². The van der Waals surface area contributed by atoms with Crippen molar-refractivity contribution in [3.05, 3.63) is 0 Å². The summed E-state index contributed by atoms with van der Waals surface area (Å²) in [5, 5.41) is 11.7. The van der Waals surface area contributed by atoms with Crippen LogP contribution in [0.15, 0.2) is 0 Å². The highest BCUT2D eigenvalue weighted by Crippen LogP contribution is 2.20. The Labute approximate surface area is 163 Å². The van der Waals surface area contributed by atoms with Crippen LogP contribution in [-0.2, 0) is 19.2 Å². The first-order valence-corrected chi connectivity index (χ1v) is 10.6. The quantitative estimate of drug-likeness (QED) is 0.488. The summed E-state index contributed by atoms with van der Waals surface area (Å²) in [6.45, 7) is 0.592. The van der Waals surface area contributed by atoms with Crippen molar-refractivity contribution in [2.45, 2.75) is 50.2 Å². The van der Waals surface area contributed by atoms with Crippen molar-refractivity contribution in [1.29, 1.82) is 0 Å². The van der Waals surface area contributed by atoms with E-state index in [9.17, 15) is 19.2 Å². The molecular formula is C17H28N4O5S. The number of carboxylic acids is 1. The second kappa shape index (κ2) is 9.93. The van der Waals surface area contributed by atoms with E-state index in [1.165, 1.54) is 9.80 Å². The molecule has 2 heterocycles. The molecule has 3 amide bonds. The molecule has 4 N–H and O–H groups in total. The summed E-state index contributed by atoms with van der Waals surface area (Å²) in [7, 11) is 0. The monoisotopic (exact) mass is 400 g/mol. The van der Waals surface area contributed by atoms with Crippen LogP contribution in [0.4, 0.5) is 0 Å². The van der Waals surface area contributed by atoms with Gasteiger partial charge in [-0.2, -0.15) is 11.8 Å². The van der Waals surface area contributed by atoms with E-state index in [1.54, 1.807) is 11.8 Å². The van der Waals surface area contributed by atoms with Crippen LogP contribution >= 0.6 is 11.8 Å². The lowest BCUT2D eigenvalue weighted by Gasteiger charge is -2.27. The molecule has 0 radical (unpaired) electrons. The molecule has 2 rings (SSSR count). The number of likely N-dealkylation sites (tertiary alicyclic amines) is 2. The summed E-state index contributed by atoms with van der Waals surface area (Å²) in [5.74, 6) is -1.30. The molecule has 152 valence electrons. The number of carboxylic acid groups (broad SMARTS) is 1. The third-order valence-corrected chi connectivity index (χ3v) is 5.70. The highest BCUT2D eigenvalue weighted by Gasteiger charge is 2.37. The zero-order valence-corrected chi connectivity index (χ0v) is 16.4. The summed E-state index contributed by atoms with van der Waals surface area (Å²) >= 11 is 1.61. The smallest absolute Gasteiger partial charge is 0.326 e. The minimum absolute atomic E-state index is 0.237. The Bertz CT molecular complexity index is 588. The summed E-state index contributed by atoms with van der Waals surface area (Å²) in [6.07, 6.45) is 4.79. The average molecular weight is 401 g/mol. The number of carbonyl (C=O) groups is 4. The van der Waals surface area contributed by atoms with Crippen molar-refractivity contribution in [1.82, 2.24) is 15.1 Å². The molecule has 10 heteroatoms. The van der Waals surface area contributed by atoms with Gasteiger partial charge in [-0.3, -0.25) is 14.4 Å². The Balaban J connectivity index is 1.88. The molecule has 0 spiro atoms. The molecule has 0 aromatic rings. The van der Waals surface area contributed by atoms with Crippen LogP contribution in [0.2, 0.25) is 0 Å². The van der Waals surface area contributed by atoms with Crippen LogP contribution in [0.5, 0.6) is 0 Å².